The first kappa shape index (κ1) is 12.2. The fraction of sp³-hybridized carbons (Fsp3) is 0.571. The van der Waals surface area contributed by atoms with Crippen LogP contribution in [0, 0.1) is 0 Å². The van der Waals surface area contributed by atoms with E-state index in [1.807, 2.05) is 12.1 Å². The van der Waals surface area contributed by atoms with Gasteiger partial charge >= 0.3 is 0 Å². The molecular formula is C14H21NO2. The van der Waals surface area contributed by atoms with Crippen molar-refractivity contribution in [3.8, 4) is 5.75 Å². The maximum atomic E-state index is 9.15. The summed E-state index contributed by atoms with van der Waals surface area (Å²) in [6.45, 7) is 2.45. The largest absolute Gasteiger partial charge is 0.497 e. The second-order valence-corrected chi connectivity index (χ2v) is 4.52. The highest BCUT2D eigenvalue weighted by atomic mass is 16.5. The number of hydrogen-bond donors (Lipinski definition) is 1. The van der Waals surface area contributed by atoms with Crippen LogP contribution in [0.4, 0.5) is 5.69 Å². The minimum Gasteiger partial charge on any atom is -0.497 e. The van der Waals surface area contributed by atoms with Crippen molar-refractivity contribution < 1.29 is 9.84 Å². The van der Waals surface area contributed by atoms with Crippen LogP contribution in [-0.4, -0.2) is 31.9 Å². The lowest BCUT2D eigenvalue weighted by Crippen LogP contribution is -2.30. The molecule has 0 amide bonds. The Balaban J connectivity index is 2.24. The van der Waals surface area contributed by atoms with Gasteiger partial charge in [0.05, 0.1) is 7.11 Å². The third kappa shape index (κ3) is 2.91. The Morgan fingerprint density at radius 3 is 2.65 bits per heavy atom. The van der Waals surface area contributed by atoms with Crippen LogP contribution in [0.2, 0.25) is 0 Å². The summed E-state index contributed by atoms with van der Waals surface area (Å²) in [5.41, 5.74) is 2.45. The van der Waals surface area contributed by atoms with Gasteiger partial charge in [0.2, 0.25) is 0 Å². The van der Waals surface area contributed by atoms with E-state index < -0.39 is 0 Å². The zero-order chi connectivity index (χ0) is 12.1. The summed E-state index contributed by atoms with van der Waals surface area (Å²) < 4.78 is 5.24. The van der Waals surface area contributed by atoms with Crippen LogP contribution < -0.4 is 9.64 Å². The van der Waals surface area contributed by atoms with Gasteiger partial charge in [-0.15, -0.1) is 0 Å². The van der Waals surface area contributed by atoms with E-state index in [1.54, 1.807) is 7.11 Å². The lowest BCUT2D eigenvalue weighted by Gasteiger charge is -2.30. The first-order chi connectivity index (χ1) is 8.35. The highest BCUT2D eigenvalue weighted by Gasteiger charge is 2.14. The number of ether oxygens (including phenoxy) is 1. The second kappa shape index (κ2) is 5.92. The summed E-state index contributed by atoms with van der Waals surface area (Å²) in [5.74, 6) is 0.870. The Morgan fingerprint density at radius 1 is 1.24 bits per heavy atom. The Kier molecular flexibility index (Phi) is 4.26. The van der Waals surface area contributed by atoms with Crippen LogP contribution in [0.3, 0.4) is 0 Å². The average Bonchev–Trinajstić information content (AvgIpc) is 2.40. The predicted molar refractivity (Wildman–Crippen MR) is 69.8 cm³/mol. The zero-order valence-electron chi connectivity index (χ0n) is 10.5. The summed E-state index contributed by atoms with van der Waals surface area (Å²) in [5, 5.41) is 9.15. The van der Waals surface area contributed by atoms with Crippen molar-refractivity contribution in [1.29, 1.82) is 0 Å². The molecule has 1 saturated heterocycles. The number of anilines is 1. The SMILES string of the molecule is COc1ccc(N2CCCCC2)c(CCO)c1. The minimum absolute atomic E-state index is 0.188. The quantitative estimate of drug-likeness (QED) is 0.868. The smallest absolute Gasteiger partial charge is 0.119 e. The van der Waals surface area contributed by atoms with Gasteiger partial charge < -0.3 is 14.7 Å². The van der Waals surface area contributed by atoms with Gasteiger partial charge in [-0.3, -0.25) is 0 Å². The number of aliphatic hydroxyl groups excluding tert-OH is 1. The van der Waals surface area contributed by atoms with E-state index in [2.05, 4.69) is 11.0 Å². The number of methoxy groups -OCH3 is 1. The number of piperidine rings is 1. The number of benzene rings is 1. The number of aliphatic hydroxyl groups is 1. The summed E-state index contributed by atoms with van der Waals surface area (Å²) in [4.78, 5) is 2.42. The van der Waals surface area contributed by atoms with Crippen molar-refractivity contribution in [3.63, 3.8) is 0 Å². The molecule has 1 aromatic carbocycles. The molecule has 0 aliphatic carbocycles. The van der Waals surface area contributed by atoms with Gasteiger partial charge in [0.15, 0.2) is 0 Å². The van der Waals surface area contributed by atoms with Crippen molar-refractivity contribution in [3.05, 3.63) is 23.8 Å². The number of rotatable bonds is 4. The van der Waals surface area contributed by atoms with Crippen LogP contribution in [-0.2, 0) is 6.42 Å². The van der Waals surface area contributed by atoms with Crippen molar-refractivity contribution in [2.45, 2.75) is 25.7 Å². The highest BCUT2D eigenvalue weighted by molar-refractivity contribution is 5.56. The monoisotopic (exact) mass is 235 g/mol. The molecule has 1 heterocycles. The fourth-order valence-corrected chi connectivity index (χ4v) is 2.45. The molecule has 0 atom stereocenters. The molecule has 0 aromatic heterocycles. The van der Waals surface area contributed by atoms with E-state index in [0.717, 1.165) is 18.8 Å². The first-order valence-electron chi connectivity index (χ1n) is 6.38. The van der Waals surface area contributed by atoms with Crippen LogP contribution in [0.5, 0.6) is 5.75 Å². The van der Waals surface area contributed by atoms with Crippen molar-refractivity contribution >= 4 is 5.69 Å². The molecule has 0 spiro atoms. The molecule has 17 heavy (non-hydrogen) atoms. The van der Waals surface area contributed by atoms with Crippen molar-refractivity contribution in [1.82, 2.24) is 0 Å². The van der Waals surface area contributed by atoms with Gasteiger partial charge in [-0.25, -0.2) is 0 Å². The third-order valence-corrected chi connectivity index (χ3v) is 3.36. The molecule has 0 unspecified atom stereocenters. The number of nitrogens with zero attached hydrogens (tertiary/aromatic N) is 1. The van der Waals surface area contributed by atoms with E-state index in [-0.39, 0.29) is 6.61 Å². The molecule has 1 N–H and O–H groups in total. The number of hydrogen-bond acceptors (Lipinski definition) is 3. The third-order valence-electron chi connectivity index (χ3n) is 3.36. The molecule has 94 valence electrons. The standard InChI is InChI=1S/C14H21NO2/c1-17-13-5-6-14(12(11-13)7-10-16)15-8-3-2-4-9-15/h5-6,11,16H,2-4,7-10H2,1H3. The Bertz CT molecular complexity index is 359. The van der Waals surface area contributed by atoms with Gasteiger partial charge in [0.1, 0.15) is 5.75 Å². The lowest BCUT2D eigenvalue weighted by atomic mass is 10.0. The molecule has 1 fully saturated rings. The average molecular weight is 235 g/mol. The summed E-state index contributed by atoms with van der Waals surface area (Å²) in [7, 11) is 1.68. The summed E-state index contributed by atoms with van der Waals surface area (Å²) >= 11 is 0. The maximum absolute atomic E-state index is 9.15. The Labute approximate surface area is 103 Å². The van der Waals surface area contributed by atoms with E-state index in [4.69, 9.17) is 9.84 Å². The molecule has 1 aliphatic rings. The van der Waals surface area contributed by atoms with Crippen molar-refractivity contribution in [2.24, 2.45) is 0 Å². The van der Waals surface area contributed by atoms with Crippen molar-refractivity contribution in [2.75, 3.05) is 31.7 Å². The summed E-state index contributed by atoms with van der Waals surface area (Å²) in [6, 6.07) is 6.17. The summed E-state index contributed by atoms with van der Waals surface area (Å²) in [6.07, 6.45) is 4.57. The Morgan fingerprint density at radius 2 is 2.00 bits per heavy atom. The molecule has 1 aromatic rings. The molecule has 1 aliphatic heterocycles. The molecule has 2 rings (SSSR count). The lowest BCUT2D eigenvalue weighted by molar-refractivity contribution is 0.299. The van der Waals surface area contributed by atoms with E-state index >= 15 is 0 Å². The maximum Gasteiger partial charge on any atom is 0.119 e. The Hall–Kier alpha value is -1.22. The normalized spacial score (nSPS) is 16.0. The van der Waals surface area contributed by atoms with Gasteiger partial charge in [0, 0.05) is 25.4 Å². The fourth-order valence-electron chi connectivity index (χ4n) is 2.45. The zero-order valence-corrected chi connectivity index (χ0v) is 10.5. The molecule has 3 heteroatoms. The van der Waals surface area contributed by atoms with Crippen LogP contribution in [0.15, 0.2) is 18.2 Å². The minimum atomic E-state index is 0.188. The van der Waals surface area contributed by atoms with E-state index in [0.29, 0.717) is 6.42 Å². The second-order valence-electron chi connectivity index (χ2n) is 4.52. The highest BCUT2D eigenvalue weighted by Crippen LogP contribution is 2.28. The van der Waals surface area contributed by atoms with Crippen LogP contribution >= 0.6 is 0 Å². The van der Waals surface area contributed by atoms with Gasteiger partial charge in [-0.1, -0.05) is 0 Å². The van der Waals surface area contributed by atoms with E-state index in [9.17, 15) is 0 Å². The van der Waals surface area contributed by atoms with E-state index in [1.165, 1.54) is 30.5 Å². The van der Waals surface area contributed by atoms with Crippen LogP contribution in [0.25, 0.3) is 0 Å². The van der Waals surface area contributed by atoms with Gasteiger partial charge in [-0.05, 0) is 49.4 Å². The molecule has 0 saturated carbocycles. The molecular weight excluding hydrogens is 214 g/mol. The first-order valence-corrected chi connectivity index (χ1v) is 6.38. The topological polar surface area (TPSA) is 32.7 Å². The molecule has 0 bridgehead atoms. The van der Waals surface area contributed by atoms with Gasteiger partial charge in [0.25, 0.3) is 0 Å². The molecule has 3 nitrogen and oxygen atoms in total. The van der Waals surface area contributed by atoms with Gasteiger partial charge in [-0.2, -0.15) is 0 Å². The molecule has 0 radical (unpaired) electrons. The van der Waals surface area contributed by atoms with Crippen LogP contribution in [0.1, 0.15) is 24.8 Å². The predicted octanol–water partition coefficient (Wildman–Crippen LogP) is 2.22.